The van der Waals surface area contributed by atoms with Crippen molar-refractivity contribution in [2.45, 2.75) is 25.0 Å². The number of aromatic amines is 1. The van der Waals surface area contributed by atoms with E-state index in [0.29, 0.717) is 17.4 Å². The molecule has 0 spiro atoms. The number of hydrogen-bond acceptors (Lipinski definition) is 3. The number of rotatable bonds is 2. The maximum Gasteiger partial charge on any atom is 0.328 e. The Kier molecular flexibility index (Phi) is 3.35. The smallest absolute Gasteiger partial charge is 0.328 e. The van der Waals surface area contributed by atoms with E-state index in [1.54, 1.807) is 0 Å². The SMILES string of the molecule is O=c1[nH]c(=O)n(C[C@@H]2C[C@H](O)c3ccccc32)cc1Br. The monoisotopic (exact) mass is 336 g/mol. The van der Waals surface area contributed by atoms with Gasteiger partial charge in [-0.15, -0.1) is 0 Å². The van der Waals surface area contributed by atoms with Crippen molar-refractivity contribution in [2.24, 2.45) is 0 Å². The average Bonchev–Trinajstić information content (AvgIpc) is 2.74. The third-order valence-electron chi connectivity index (χ3n) is 3.69. The number of H-pyrrole nitrogens is 1. The summed E-state index contributed by atoms with van der Waals surface area (Å²) in [5, 5.41) is 10.0. The zero-order valence-electron chi connectivity index (χ0n) is 10.5. The fourth-order valence-corrected chi connectivity index (χ4v) is 3.08. The van der Waals surface area contributed by atoms with Crippen molar-refractivity contribution >= 4 is 15.9 Å². The first-order valence-electron chi connectivity index (χ1n) is 6.32. The van der Waals surface area contributed by atoms with E-state index in [2.05, 4.69) is 20.9 Å². The number of nitrogens with one attached hydrogen (secondary N) is 1. The van der Waals surface area contributed by atoms with Crippen LogP contribution in [0.5, 0.6) is 0 Å². The van der Waals surface area contributed by atoms with Crippen LogP contribution in [-0.4, -0.2) is 14.7 Å². The quantitative estimate of drug-likeness (QED) is 0.873. The van der Waals surface area contributed by atoms with Gasteiger partial charge in [-0.05, 0) is 33.5 Å². The van der Waals surface area contributed by atoms with E-state index in [4.69, 9.17) is 0 Å². The topological polar surface area (TPSA) is 75.1 Å². The van der Waals surface area contributed by atoms with Crippen molar-refractivity contribution in [3.05, 3.63) is 66.9 Å². The summed E-state index contributed by atoms with van der Waals surface area (Å²) in [6, 6.07) is 7.70. The van der Waals surface area contributed by atoms with Crippen molar-refractivity contribution in [1.82, 2.24) is 9.55 Å². The molecule has 2 atom stereocenters. The molecule has 1 heterocycles. The second-order valence-corrected chi connectivity index (χ2v) is 5.82. The van der Waals surface area contributed by atoms with Crippen LogP contribution in [-0.2, 0) is 6.54 Å². The Morgan fingerprint density at radius 3 is 2.75 bits per heavy atom. The Hall–Kier alpha value is -1.66. The summed E-state index contributed by atoms with van der Waals surface area (Å²) in [7, 11) is 0. The Bertz CT molecular complexity index is 765. The molecule has 0 saturated carbocycles. The number of fused-ring (bicyclic) bond motifs is 1. The molecule has 6 heteroatoms. The summed E-state index contributed by atoms with van der Waals surface area (Å²) in [5.74, 6) is 0.0664. The number of aromatic nitrogens is 2. The number of aliphatic hydroxyl groups is 1. The molecule has 3 rings (SSSR count). The molecule has 1 aliphatic rings. The lowest BCUT2D eigenvalue weighted by molar-refractivity contribution is 0.170. The van der Waals surface area contributed by atoms with Gasteiger partial charge in [0.15, 0.2) is 0 Å². The summed E-state index contributed by atoms with van der Waals surface area (Å²) in [5.41, 5.74) is 1.12. The van der Waals surface area contributed by atoms with Crippen LogP contribution in [0, 0.1) is 0 Å². The lowest BCUT2D eigenvalue weighted by Crippen LogP contribution is -2.31. The van der Waals surface area contributed by atoms with Crippen LogP contribution in [0.3, 0.4) is 0 Å². The Morgan fingerprint density at radius 2 is 2.00 bits per heavy atom. The van der Waals surface area contributed by atoms with E-state index >= 15 is 0 Å². The van der Waals surface area contributed by atoms with E-state index in [9.17, 15) is 14.7 Å². The normalized spacial score (nSPS) is 20.9. The first kappa shape index (κ1) is 13.3. The van der Waals surface area contributed by atoms with Gasteiger partial charge in [0.2, 0.25) is 0 Å². The Morgan fingerprint density at radius 1 is 1.30 bits per heavy atom. The maximum absolute atomic E-state index is 11.8. The van der Waals surface area contributed by atoms with E-state index in [1.165, 1.54) is 10.8 Å². The molecule has 5 nitrogen and oxygen atoms in total. The van der Waals surface area contributed by atoms with Crippen molar-refractivity contribution < 1.29 is 5.11 Å². The fourth-order valence-electron chi connectivity index (χ4n) is 2.74. The first-order valence-corrected chi connectivity index (χ1v) is 7.11. The minimum absolute atomic E-state index is 0.0664. The van der Waals surface area contributed by atoms with Crippen LogP contribution in [0.15, 0.2) is 44.5 Å². The molecule has 20 heavy (non-hydrogen) atoms. The van der Waals surface area contributed by atoms with Gasteiger partial charge in [-0.25, -0.2) is 4.79 Å². The summed E-state index contributed by atoms with van der Waals surface area (Å²) >= 11 is 3.12. The van der Waals surface area contributed by atoms with Crippen LogP contribution in [0.1, 0.15) is 29.6 Å². The molecule has 0 unspecified atom stereocenters. The summed E-state index contributed by atoms with van der Waals surface area (Å²) in [6.07, 6.45) is 1.59. The van der Waals surface area contributed by atoms with Crippen molar-refractivity contribution in [3.63, 3.8) is 0 Å². The third-order valence-corrected chi connectivity index (χ3v) is 4.25. The summed E-state index contributed by atoms with van der Waals surface area (Å²) in [6.45, 7) is 0.433. The lowest BCUT2D eigenvalue weighted by Gasteiger charge is -2.13. The predicted octanol–water partition coefficient (Wildman–Crippen LogP) is 1.52. The zero-order valence-corrected chi connectivity index (χ0v) is 12.1. The molecule has 2 N–H and O–H groups in total. The molecule has 0 fully saturated rings. The first-order chi connectivity index (χ1) is 9.56. The second-order valence-electron chi connectivity index (χ2n) is 4.97. The number of aliphatic hydroxyl groups excluding tert-OH is 1. The molecule has 0 aliphatic heterocycles. The van der Waals surface area contributed by atoms with Gasteiger partial charge < -0.3 is 5.11 Å². The average molecular weight is 337 g/mol. The molecule has 0 radical (unpaired) electrons. The minimum Gasteiger partial charge on any atom is -0.388 e. The molecule has 1 aliphatic carbocycles. The fraction of sp³-hybridized carbons (Fsp3) is 0.286. The van der Waals surface area contributed by atoms with Gasteiger partial charge in [0.05, 0.1) is 10.6 Å². The second kappa shape index (κ2) is 5.03. The van der Waals surface area contributed by atoms with E-state index in [1.807, 2.05) is 24.3 Å². The molecule has 1 aromatic heterocycles. The van der Waals surface area contributed by atoms with Gasteiger partial charge in [-0.3, -0.25) is 14.3 Å². The minimum atomic E-state index is -0.488. The maximum atomic E-state index is 11.8. The molecule has 1 aromatic carbocycles. The van der Waals surface area contributed by atoms with Crippen molar-refractivity contribution in [3.8, 4) is 0 Å². The highest BCUT2D eigenvalue weighted by molar-refractivity contribution is 9.10. The Labute approximate surface area is 123 Å². The number of halogens is 1. The molecule has 104 valence electrons. The van der Waals surface area contributed by atoms with Gasteiger partial charge in [0.25, 0.3) is 5.56 Å². The molecule has 0 bridgehead atoms. The molecule has 0 saturated heterocycles. The predicted molar refractivity (Wildman–Crippen MR) is 77.8 cm³/mol. The Balaban J connectivity index is 1.96. The van der Waals surface area contributed by atoms with E-state index in [-0.39, 0.29) is 5.92 Å². The van der Waals surface area contributed by atoms with E-state index < -0.39 is 17.4 Å². The third kappa shape index (κ3) is 2.25. The van der Waals surface area contributed by atoms with Crippen LogP contribution in [0.2, 0.25) is 0 Å². The van der Waals surface area contributed by atoms with Gasteiger partial charge in [0.1, 0.15) is 0 Å². The van der Waals surface area contributed by atoms with Crippen LogP contribution in [0.25, 0.3) is 0 Å². The highest BCUT2D eigenvalue weighted by Gasteiger charge is 2.29. The zero-order chi connectivity index (χ0) is 14.3. The van der Waals surface area contributed by atoms with Gasteiger partial charge in [0, 0.05) is 18.7 Å². The summed E-state index contributed by atoms with van der Waals surface area (Å²) < 4.78 is 1.79. The van der Waals surface area contributed by atoms with Gasteiger partial charge in [-0.1, -0.05) is 24.3 Å². The summed E-state index contributed by atoms with van der Waals surface area (Å²) in [4.78, 5) is 25.4. The molecular weight excluding hydrogens is 324 g/mol. The van der Waals surface area contributed by atoms with Gasteiger partial charge >= 0.3 is 5.69 Å². The molecule has 0 amide bonds. The number of nitrogens with zero attached hydrogens (tertiary/aromatic N) is 1. The van der Waals surface area contributed by atoms with Gasteiger partial charge in [-0.2, -0.15) is 0 Å². The number of benzene rings is 1. The van der Waals surface area contributed by atoms with Crippen molar-refractivity contribution in [2.75, 3.05) is 0 Å². The van der Waals surface area contributed by atoms with E-state index in [0.717, 1.165) is 11.1 Å². The number of hydrogen-bond donors (Lipinski definition) is 2. The standard InChI is InChI=1S/C14H13BrN2O3/c15-11-7-17(14(20)16-13(11)19)6-8-5-12(18)10-4-2-1-3-9(8)10/h1-4,7-8,12,18H,5-6H2,(H,16,19,20)/t8-,12-/m0/s1. The van der Waals surface area contributed by atoms with Crippen molar-refractivity contribution in [1.29, 1.82) is 0 Å². The van der Waals surface area contributed by atoms with Crippen LogP contribution < -0.4 is 11.2 Å². The lowest BCUT2D eigenvalue weighted by atomic mass is 10.0. The molecule has 2 aromatic rings. The highest BCUT2D eigenvalue weighted by Crippen LogP contribution is 2.40. The van der Waals surface area contributed by atoms with Crippen LogP contribution >= 0.6 is 15.9 Å². The largest absolute Gasteiger partial charge is 0.388 e. The molecular formula is C14H13BrN2O3. The van der Waals surface area contributed by atoms with Crippen LogP contribution in [0.4, 0.5) is 0 Å². The highest BCUT2D eigenvalue weighted by atomic mass is 79.9.